The molecule has 0 unspecified atom stereocenters. The number of nitrogens with zero attached hydrogens (tertiary/aromatic N) is 5. The Labute approximate surface area is 199 Å². The van der Waals surface area contributed by atoms with E-state index in [0.717, 1.165) is 25.2 Å². The van der Waals surface area contributed by atoms with E-state index in [4.69, 9.17) is 11.6 Å². The van der Waals surface area contributed by atoms with Crippen LogP contribution in [-0.4, -0.2) is 86.9 Å². The molecule has 0 bridgehead atoms. The highest BCUT2D eigenvalue weighted by molar-refractivity contribution is 7.89. The van der Waals surface area contributed by atoms with Gasteiger partial charge in [0, 0.05) is 70.0 Å². The molecule has 9 nitrogen and oxygen atoms in total. The van der Waals surface area contributed by atoms with Crippen LogP contribution < -0.4 is 4.90 Å². The van der Waals surface area contributed by atoms with Crippen LogP contribution in [-0.2, 0) is 16.6 Å². The summed E-state index contributed by atoms with van der Waals surface area (Å²) < 4.78 is 27.5. The van der Waals surface area contributed by atoms with Crippen LogP contribution in [0.3, 0.4) is 0 Å². The molecule has 0 N–H and O–H groups in total. The summed E-state index contributed by atoms with van der Waals surface area (Å²) in [6.45, 7) is 5.57. The quantitative estimate of drug-likeness (QED) is 0.451. The number of nitro groups is 1. The normalized spacial score (nSPS) is 19.0. The Morgan fingerprint density at radius 1 is 0.939 bits per heavy atom. The minimum atomic E-state index is -3.77. The number of piperazine rings is 2. The van der Waals surface area contributed by atoms with Gasteiger partial charge in [0.1, 0.15) is 5.69 Å². The predicted molar refractivity (Wildman–Crippen MR) is 128 cm³/mol. The number of rotatable bonds is 6. The zero-order valence-corrected chi connectivity index (χ0v) is 20.1. The molecule has 0 aromatic heterocycles. The van der Waals surface area contributed by atoms with Crippen molar-refractivity contribution in [2.45, 2.75) is 11.4 Å². The first-order chi connectivity index (χ1) is 15.7. The van der Waals surface area contributed by atoms with Crippen LogP contribution >= 0.6 is 11.6 Å². The minimum Gasteiger partial charge on any atom is -0.363 e. The molecule has 4 rings (SSSR count). The van der Waals surface area contributed by atoms with Crippen LogP contribution in [0.25, 0.3) is 0 Å². The van der Waals surface area contributed by atoms with E-state index in [2.05, 4.69) is 9.80 Å². The van der Waals surface area contributed by atoms with Crippen molar-refractivity contribution < 1.29 is 13.3 Å². The van der Waals surface area contributed by atoms with E-state index in [1.54, 1.807) is 6.07 Å². The number of anilines is 1. The number of sulfonamides is 1. The van der Waals surface area contributed by atoms with Crippen LogP contribution in [0, 0.1) is 10.1 Å². The van der Waals surface area contributed by atoms with Gasteiger partial charge < -0.3 is 9.80 Å². The SMILES string of the molecule is CN1CCN(S(=O)(=O)c2ccc(N3CCN(Cc4ccc(Cl)cc4)CC3)c([N+](=O)[O-])c2)CC1. The zero-order chi connectivity index (χ0) is 23.6. The van der Waals surface area contributed by atoms with Gasteiger partial charge in [-0.1, -0.05) is 23.7 Å². The summed E-state index contributed by atoms with van der Waals surface area (Å²) >= 11 is 5.95. The Bertz CT molecular complexity index is 1100. The molecule has 0 amide bonds. The van der Waals surface area contributed by atoms with Crippen molar-refractivity contribution in [2.24, 2.45) is 0 Å². The second-order valence-electron chi connectivity index (χ2n) is 8.50. The lowest BCUT2D eigenvalue weighted by Gasteiger charge is -2.36. The fraction of sp³-hybridized carbons (Fsp3) is 0.455. The molecule has 0 radical (unpaired) electrons. The first-order valence-corrected chi connectivity index (χ1v) is 12.7. The zero-order valence-electron chi connectivity index (χ0n) is 18.6. The van der Waals surface area contributed by atoms with Crippen molar-refractivity contribution in [3.05, 3.63) is 63.2 Å². The summed E-state index contributed by atoms with van der Waals surface area (Å²) in [4.78, 5) is 17.6. The smallest absolute Gasteiger partial charge is 0.293 e. The molecule has 33 heavy (non-hydrogen) atoms. The summed E-state index contributed by atoms with van der Waals surface area (Å²) in [6, 6.07) is 12.0. The maximum atomic E-state index is 13.1. The summed E-state index contributed by atoms with van der Waals surface area (Å²) in [5.74, 6) is 0. The molecule has 11 heteroatoms. The lowest BCUT2D eigenvalue weighted by molar-refractivity contribution is -0.384. The van der Waals surface area contributed by atoms with Gasteiger partial charge in [-0.15, -0.1) is 0 Å². The molecule has 2 aromatic rings. The number of hydrogen-bond acceptors (Lipinski definition) is 7. The van der Waals surface area contributed by atoms with Crippen LogP contribution in [0.4, 0.5) is 11.4 Å². The van der Waals surface area contributed by atoms with E-state index in [0.29, 0.717) is 50.0 Å². The fourth-order valence-corrected chi connectivity index (χ4v) is 5.82. The van der Waals surface area contributed by atoms with Crippen LogP contribution in [0.15, 0.2) is 47.4 Å². The highest BCUT2D eigenvalue weighted by Gasteiger charge is 2.31. The van der Waals surface area contributed by atoms with Gasteiger partial charge in [-0.05, 0) is 36.9 Å². The van der Waals surface area contributed by atoms with E-state index in [1.807, 2.05) is 36.2 Å². The molecule has 2 heterocycles. The maximum Gasteiger partial charge on any atom is 0.293 e. The van der Waals surface area contributed by atoms with Crippen LogP contribution in [0.1, 0.15) is 5.56 Å². The monoisotopic (exact) mass is 493 g/mol. The van der Waals surface area contributed by atoms with Gasteiger partial charge in [-0.2, -0.15) is 4.31 Å². The molecule has 0 spiro atoms. The van der Waals surface area contributed by atoms with Crippen molar-refractivity contribution in [1.82, 2.24) is 14.1 Å². The molecule has 178 valence electrons. The summed E-state index contributed by atoms with van der Waals surface area (Å²) in [5.41, 5.74) is 1.46. The first-order valence-electron chi connectivity index (χ1n) is 10.9. The average Bonchev–Trinajstić information content (AvgIpc) is 2.81. The Balaban J connectivity index is 1.47. The Morgan fingerprint density at radius 2 is 1.58 bits per heavy atom. The molecule has 0 aliphatic carbocycles. The summed E-state index contributed by atoms with van der Waals surface area (Å²) in [6.07, 6.45) is 0. The number of likely N-dealkylation sites (N-methyl/N-ethyl adjacent to an activating group) is 1. The molecular weight excluding hydrogens is 466 g/mol. The Morgan fingerprint density at radius 3 is 2.18 bits per heavy atom. The van der Waals surface area contributed by atoms with Gasteiger partial charge in [-0.3, -0.25) is 15.0 Å². The number of nitro benzene ring substituents is 1. The molecule has 0 saturated carbocycles. The van der Waals surface area contributed by atoms with E-state index in [-0.39, 0.29) is 10.6 Å². The lowest BCUT2D eigenvalue weighted by atomic mass is 10.2. The summed E-state index contributed by atoms with van der Waals surface area (Å²) in [5, 5.41) is 12.5. The fourth-order valence-electron chi connectivity index (χ4n) is 4.25. The van der Waals surface area contributed by atoms with E-state index in [9.17, 15) is 18.5 Å². The van der Waals surface area contributed by atoms with Crippen molar-refractivity contribution >= 4 is 33.0 Å². The highest BCUT2D eigenvalue weighted by Crippen LogP contribution is 2.33. The molecule has 0 atom stereocenters. The van der Waals surface area contributed by atoms with Gasteiger partial charge >= 0.3 is 0 Å². The Hall–Kier alpha value is -2.24. The van der Waals surface area contributed by atoms with E-state index in [1.165, 1.54) is 16.4 Å². The molecular formula is C22H28ClN5O4S. The molecule has 2 saturated heterocycles. The standard InChI is InChI=1S/C22H28ClN5O4S/c1-24-8-14-27(15-9-24)33(31,32)20-6-7-21(22(16-20)28(29)30)26-12-10-25(11-13-26)17-18-2-4-19(23)5-3-18/h2-7,16H,8-15,17H2,1H3. The lowest BCUT2D eigenvalue weighted by Crippen LogP contribution is -2.47. The highest BCUT2D eigenvalue weighted by atomic mass is 35.5. The van der Waals surface area contributed by atoms with Gasteiger partial charge in [-0.25, -0.2) is 8.42 Å². The first kappa shape index (κ1) is 23.9. The van der Waals surface area contributed by atoms with Crippen molar-refractivity contribution in [3.63, 3.8) is 0 Å². The number of hydrogen-bond donors (Lipinski definition) is 0. The van der Waals surface area contributed by atoms with Crippen molar-refractivity contribution in [2.75, 3.05) is 64.3 Å². The number of halogens is 1. The predicted octanol–water partition coefficient (Wildman–Crippen LogP) is 2.51. The molecule has 2 aliphatic heterocycles. The van der Waals surface area contributed by atoms with Gasteiger partial charge in [0.05, 0.1) is 9.82 Å². The van der Waals surface area contributed by atoms with Crippen molar-refractivity contribution in [1.29, 1.82) is 0 Å². The minimum absolute atomic E-state index is 0.0242. The topological polar surface area (TPSA) is 90.2 Å². The molecule has 2 aromatic carbocycles. The maximum absolute atomic E-state index is 13.1. The van der Waals surface area contributed by atoms with E-state index < -0.39 is 14.9 Å². The second kappa shape index (κ2) is 9.94. The van der Waals surface area contributed by atoms with Gasteiger partial charge in [0.25, 0.3) is 5.69 Å². The van der Waals surface area contributed by atoms with Crippen LogP contribution in [0.5, 0.6) is 0 Å². The van der Waals surface area contributed by atoms with Gasteiger partial charge in [0.15, 0.2) is 0 Å². The summed E-state index contributed by atoms with van der Waals surface area (Å²) in [7, 11) is -1.83. The van der Waals surface area contributed by atoms with Gasteiger partial charge in [0.2, 0.25) is 10.0 Å². The molecule has 2 fully saturated rings. The third-order valence-corrected chi connectivity index (χ3v) is 8.42. The third kappa shape index (κ3) is 5.47. The third-order valence-electron chi connectivity index (χ3n) is 6.28. The van der Waals surface area contributed by atoms with Crippen molar-refractivity contribution in [3.8, 4) is 0 Å². The number of benzene rings is 2. The molecule has 2 aliphatic rings. The van der Waals surface area contributed by atoms with Crippen LogP contribution in [0.2, 0.25) is 5.02 Å². The largest absolute Gasteiger partial charge is 0.363 e. The average molecular weight is 494 g/mol. The van der Waals surface area contributed by atoms with E-state index >= 15 is 0 Å². The second-order valence-corrected chi connectivity index (χ2v) is 10.9. The Kier molecular flexibility index (Phi) is 7.20.